The number of nitrogens with one attached hydrogen (secondary N) is 1. The van der Waals surface area contributed by atoms with Crippen molar-refractivity contribution in [3.63, 3.8) is 0 Å². The third-order valence-corrected chi connectivity index (χ3v) is 1.81. The van der Waals surface area contributed by atoms with Crippen molar-refractivity contribution in [2.24, 2.45) is 5.92 Å². The van der Waals surface area contributed by atoms with Gasteiger partial charge in [-0.3, -0.25) is 9.59 Å². The van der Waals surface area contributed by atoms with Crippen LogP contribution in [0, 0.1) is 5.92 Å². The van der Waals surface area contributed by atoms with Crippen molar-refractivity contribution in [2.45, 2.75) is 13.3 Å². The Morgan fingerprint density at radius 3 is 2.93 bits per heavy atom. The Labute approximate surface area is 85.5 Å². The topological polar surface area (TPSA) is 105 Å². The van der Waals surface area contributed by atoms with Crippen molar-refractivity contribution in [1.82, 2.24) is 15.5 Å². The minimum Gasteiger partial charge on any atom is -0.481 e. The second kappa shape index (κ2) is 5.08. The summed E-state index contributed by atoms with van der Waals surface area (Å²) in [5.74, 6) is -2.32. The Bertz CT molecular complexity index is 336. The zero-order chi connectivity index (χ0) is 11.3. The Morgan fingerprint density at radius 2 is 2.40 bits per heavy atom. The zero-order valence-corrected chi connectivity index (χ0v) is 8.14. The summed E-state index contributed by atoms with van der Waals surface area (Å²) in [6.07, 6.45) is 1.65. The first kappa shape index (κ1) is 11.2. The molecule has 0 aromatic carbocycles. The van der Waals surface area contributed by atoms with E-state index in [0.717, 1.165) is 0 Å². The van der Waals surface area contributed by atoms with E-state index in [0.29, 0.717) is 12.3 Å². The molecule has 0 aliphatic heterocycles. The molecule has 1 aromatic rings. The Kier molecular flexibility index (Phi) is 3.78. The summed E-state index contributed by atoms with van der Waals surface area (Å²) in [6.45, 7) is 1.60. The third kappa shape index (κ3) is 3.37. The van der Waals surface area contributed by atoms with Gasteiger partial charge in [-0.15, -0.1) is 0 Å². The lowest BCUT2D eigenvalue weighted by atomic mass is 10.2. The second-order valence-electron chi connectivity index (χ2n) is 2.94. The molecule has 2 N–H and O–H groups in total. The maximum Gasteiger partial charge on any atom is 0.315 e. The minimum absolute atomic E-state index is 0.276. The first-order valence-electron chi connectivity index (χ1n) is 4.37. The van der Waals surface area contributed by atoms with Gasteiger partial charge in [0.15, 0.2) is 6.33 Å². The molecule has 0 radical (unpaired) electrons. The molecule has 1 unspecified atom stereocenters. The predicted molar refractivity (Wildman–Crippen MR) is 47.8 cm³/mol. The first-order chi connectivity index (χ1) is 7.11. The number of aliphatic carboxylic acids is 1. The number of carbonyl (C=O) groups excluding carboxylic acids is 1. The van der Waals surface area contributed by atoms with Gasteiger partial charge in [0, 0.05) is 13.0 Å². The Morgan fingerprint density at radius 1 is 1.67 bits per heavy atom. The van der Waals surface area contributed by atoms with Crippen molar-refractivity contribution in [1.29, 1.82) is 0 Å². The molecule has 15 heavy (non-hydrogen) atoms. The molecule has 1 amide bonds. The Hall–Kier alpha value is -1.92. The van der Waals surface area contributed by atoms with Gasteiger partial charge < -0.3 is 14.9 Å². The lowest BCUT2D eigenvalue weighted by molar-refractivity contribution is -0.146. The average Bonchev–Trinajstić information content (AvgIpc) is 2.69. The number of rotatable bonds is 5. The SMILES string of the molecule is CC(C(=O)O)C(=O)NCCc1ncno1. The molecule has 0 saturated carbocycles. The molecule has 1 aromatic heterocycles. The first-order valence-corrected chi connectivity index (χ1v) is 4.37. The molecule has 1 heterocycles. The number of hydrogen-bond acceptors (Lipinski definition) is 5. The van der Waals surface area contributed by atoms with E-state index in [1.54, 1.807) is 0 Å². The van der Waals surface area contributed by atoms with Crippen LogP contribution < -0.4 is 5.32 Å². The van der Waals surface area contributed by atoms with Crippen molar-refractivity contribution >= 4 is 11.9 Å². The molecular weight excluding hydrogens is 202 g/mol. The standard InChI is InChI=1S/C8H11N3O4/c1-5(8(13)14)7(12)9-3-2-6-10-4-11-15-6/h4-5H,2-3H2,1H3,(H,9,12)(H,13,14). The van der Waals surface area contributed by atoms with Crippen LogP contribution in [0.1, 0.15) is 12.8 Å². The summed E-state index contributed by atoms with van der Waals surface area (Å²) in [4.78, 5) is 25.3. The van der Waals surface area contributed by atoms with Gasteiger partial charge in [-0.1, -0.05) is 5.16 Å². The van der Waals surface area contributed by atoms with Gasteiger partial charge in [0.1, 0.15) is 5.92 Å². The molecule has 82 valence electrons. The van der Waals surface area contributed by atoms with Crippen molar-refractivity contribution in [2.75, 3.05) is 6.54 Å². The van der Waals surface area contributed by atoms with E-state index in [2.05, 4.69) is 15.5 Å². The summed E-state index contributed by atoms with van der Waals surface area (Å²) in [5.41, 5.74) is 0. The van der Waals surface area contributed by atoms with Crippen LogP contribution >= 0.6 is 0 Å². The monoisotopic (exact) mass is 213 g/mol. The van der Waals surface area contributed by atoms with Crippen LogP contribution in [0.3, 0.4) is 0 Å². The van der Waals surface area contributed by atoms with Gasteiger partial charge >= 0.3 is 5.97 Å². The average molecular weight is 213 g/mol. The highest BCUT2D eigenvalue weighted by atomic mass is 16.5. The largest absolute Gasteiger partial charge is 0.481 e. The van der Waals surface area contributed by atoms with E-state index in [1.165, 1.54) is 13.3 Å². The molecule has 1 atom stereocenters. The fourth-order valence-corrected chi connectivity index (χ4v) is 0.864. The van der Waals surface area contributed by atoms with Crippen LogP contribution in [0.5, 0.6) is 0 Å². The highest BCUT2D eigenvalue weighted by Gasteiger charge is 2.19. The molecular formula is C8H11N3O4. The summed E-state index contributed by atoms with van der Waals surface area (Å²) in [5, 5.41) is 14.4. The van der Waals surface area contributed by atoms with Gasteiger partial charge in [-0.2, -0.15) is 4.98 Å². The maximum absolute atomic E-state index is 11.2. The molecule has 7 nitrogen and oxygen atoms in total. The van der Waals surface area contributed by atoms with Crippen LogP contribution in [0.25, 0.3) is 0 Å². The van der Waals surface area contributed by atoms with Gasteiger partial charge in [0.25, 0.3) is 0 Å². The molecule has 0 spiro atoms. The molecule has 0 fully saturated rings. The molecule has 0 saturated heterocycles. The predicted octanol–water partition coefficient (Wildman–Crippen LogP) is -0.551. The summed E-state index contributed by atoms with van der Waals surface area (Å²) in [6, 6.07) is 0. The van der Waals surface area contributed by atoms with E-state index in [-0.39, 0.29) is 6.54 Å². The number of carbonyl (C=O) groups is 2. The van der Waals surface area contributed by atoms with Gasteiger partial charge in [-0.25, -0.2) is 0 Å². The lowest BCUT2D eigenvalue weighted by Crippen LogP contribution is -2.34. The highest BCUT2D eigenvalue weighted by Crippen LogP contribution is 1.95. The number of hydrogen-bond donors (Lipinski definition) is 2. The van der Waals surface area contributed by atoms with Crippen molar-refractivity contribution < 1.29 is 19.2 Å². The molecule has 1 rings (SSSR count). The van der Waals surface area contributed by atoms with Crippen LogP contribution in [-0.4, -0.2) is 33.7 Å². The quantitative estimate of drug-likeness (QED) is 0.635. The van der Waals surface area contributed by atoms with Gasteiger partial charge in [-0.05, 0) is 6.92 Å². The van der Waals surface area contributed by atoms with E-state index < -0.39 is 17.8 Å². The smallest absolute Gasteiger partial charge is 0.315 e. The fourth-order valence-electron chi connectivity index (χ4n) is 0.864. The summed E-state index contributed by atoms with van der Waals surface area (Å²) >= 11 is 0. The van der Waals surface area contributed by atoms with E-state index >= 15 is 0 Å². The Balaban J connectivity index is 2.26. The minimum atomic E-state index is -1.15. The fraction of sp³-hybridized carbons (Fsp3) is 0.500. The zero-order valence-electron chi connectivity index (χ0n) is 8.14. The van der Waals surface area contributed by atoms with E-state index in [4.69, 9.17) is 9.63 Å². The van der Waals surface area contributed by atoms with Crippen molar-refractivity contribution in [3.8, 4) is 0 Å². The number of nitrogens with zero attached hydrogens (tertiary/aromatic N) is 2. The molecule has 0 aliphatic carbocycles. The number of aromatic nitrogens is 2. The van der Waals surface area contributed by atoms with Crippen LogP contribution in [-0.2, 0) is 16.0 Å². The lowest BCUT2D eigenvalue weighted by Gasteiger charge is -2.06. The van der Waals surface area contributed by atoms with E-state index in [1.807, 2.05) is 0 Å². The number of carboxylic acids is 1. The molecule has 0 aliphatic rings. The van der Waals surface area contributed by atoms with Crippen LogP contribution in [0.4, 0.5) is 0 Å². The van der Waals surface area contributed by atoms with Gasteiger partial charge in [0.2, 0.25) is 11.8 Å². The normalized spacial score (nSPS) is 12.1. The maximum atomic E-state index is 11.2. The second-order valence-corrected chi connectivity index (χ2v) is 2.94. The van der Waals surface area contributed by atoms with E-state index in [9.17, 15) is 9.59 Å². The number of amides is 1. The molecule has 7 heteroatoms. The molecule has 0 bridgehead atoms. The summed E-state index contributed by atoms with van der Waals surface area (Å²) < 4.78 is 4.69. The van der Waals surface area contributed by atoms with Crippen LogP contribution in [0.15, 0.2) is 10.9 Å². The number of carboxylic acid groups (broad SMARTS) is 1. The third-order valence-electron chi connectivity index (χ3n) is 1.81. The van der Waals surface area contributed by atoms with Crippen molar-refractivity contribution in [3.05, 3.63) is 12.2 Å². The highest BCUT2D eigenvalue weighted by molar-refractivity contribution is 5.96. The summed E-state index contributed by atoms with van der Waals surface area (Å²) in [7, 11) is 0. The van der Waals surface area contributed by atoms with Gasteiger partial charge in [0.05, 0.1) is 0 Å². The van der Waals surface area contributed by atoms with Crippen LogP contribution in [0.2, 0.25) is 0 Å².